The Hall–Kier alpha value is -2.86. The van der Waals surface area contributed by atoms with Crippen LogP contribution in [0.3, 0.4) is 0 Å². The van der Waals surface area contributed by atoms with E-state index in [0.29, 0.717) is 11.3 Å². The van der Waals surface area contributed by atoms with Crippen molar-refractivity contribution in [1.82, 2.24) is 4.98 Å². The number of thioether (sulfide) groups is 1. The van der Waals surface area contributed by atoms with Gasteiger partial charge in [-0.15, -0.1) is 11.8 Å². The normalized spacial score (nSPS) is 11.3. The summed E-state index contributed by atoms with van der Waals surface area (Å²) in [5.41, 5.74) is 3.34. The Morgan fingerprint density at radius 2 is 1.80 bits per heavy atom. The van der Waals surface area contributed by atoms with Gasteiger partial charge in [-0.05, 0) is 67.3 Å². The molecule has 0 radical (unpaired) electrons. The minimum atomic E-state index is -1.28. The second kappa shape index (κ2) is 9.30. The molecule has 0 spiro atoms. The van der Waals surface area contributed by atoms with Gasteiger partial charge in [0.05, 0.1) is 0 Å². The Kier molecular flexibility index (Phi) is 6.77. The van der Waals surface area contributed by atoms with Crippen LogP contribution in [-0.2, 0) is 17.2 Å². The largest absolute Gasteiger partial charge is 0.478 e. The van der Waals surface area contributed by atoms with Gasteiger partial charge in [-0.1, -0.05) is 24.3 Å². The summed E-state index contributed by atoms with van der Waals surface area (Å²) in [6.45, 7) is 4.50. The number of alkyl halides is 1. The summed E-state index contributed by atoms with van der Waals surface area (Å²) >= 11 is 1.67. The third-order valence-corrected chi connectivity index (χ3v) is 5.73. The second-order valence-corrected chi connectivity index (χ2v) is 8.59. The second-order valence-electron chi connectivity index (χ2n) is 7.55. The molecule has 0 amide bonds. The molecule has 2 aromatic carbocycles. The Morgan fingerprint density at radius 3 is 2.43 bits per heavy atom. The maximum absolute atomic E-state index is 12.7. The first-order valence-corrected chi connectivity index (χ1v) is 10.5. The van der Waals surface area contributed by atoms with E-state index in [0.717, 1.165) is 32.9 Å². The molecule has 6 heteroatoms. The molecule has 4 nitrogen and oxygen atoms in total. The van der Waals surface area contributed by atoms with Gasteiger partial charge in [-0.3, -0.25) is 4.98 Å². The third-order valence-electron chi connectivity index (χ3n) is 4.67. The summed E-state index contributed by atoms with van der Waals surface area (Å²) in [7, 11) is 0. The smallest absolute Gasteiger partial charge is 0.347 e. The molecule has 30 heavy (non-hydrogen) atoms. The Morgan fingerprint density at radius 1 is 1.07 bits per heavy atom. The van der Waals surface area contributed by atoms with E-state index in [-0.39, 0.29) is 0 Å². The number of aryl methyl sites for hydroxylation is 1. The summed E-state index contributed by atoms with van der Waals surface area (Å²) < 4.78 is 18.4. The zero-order valence-corrected chi connectivity index (χ0v) is 18.0. The molecule has 0 atom stereocenters. The topological polar surface area (TPSA) is 59.4 Å². The number of hydrogen-bond acceptors (Lipinski definition) is 4. The monoisotopic (exact) mass is 425 g/mol. The fourth-order valence-electron chi connectivity index (χ4n) is 2.82. The molecule has 1 heterocycles. The first-order chi connectivity index (χ1) is 14.3. The molecule has 3 aromatic rings. The molecule has 3 rings (SSSR count). The van der Waals surface area contributed by atoms with Crippen molar-refractivity contribution in [3.63, 3.8) is 0 Å². The van der Waals surface area contributed by atoms with Crippen molar-refractivity contribution in [3.05, 3.63) is 77.6 Å². The molecular weight excluding hydrogens is 401 g/mol. The van der Waals surface area contributed by atoms with Crippen molar-refractivity contribution in [2.45, 2.75) is 43.7 Å². The number of aromatic nitrogens is 1. The van der Waals surface area contributed by atoms with Crippen molar-refractivity contribution in [1.29, 1.82) is 0 Å². The van der Waals surface area contributed by atoms with Gasteiger partial charge in [0.15, 0.2) is 5.60 Å². The van der Waals surface area contributed by atoms with Crippen LogP contribution in [0.15, 0.2) is 65.8 Å². The average Bonchev–Trinajstić information content (AvgIpc) is 2.74. The molecule has 1 aromatic heterocycles. The highest BCUT2D eigenvalue weighted by atomic mass is 32.2. The summed E-state index contributed by atoms with van der Waals surface area (Å²) in [6.07, 6.45) is 3.64. The number of halogens is 1. The number of rotatable bonds is 8. The van der Waals surface area contributed by atoms with Crippen molar-refractivity contribution in [2.24, 2.45) is 0 Å². The number of ether oxygens (including phenoxy) is 1. The number of benzene rings is 2. The number of carboxylic acids is 1. The van der Waals surface area contributed by atoms with Crippen LogP contribution in [0.1, 0.15) is 30.5 Å². The number of hydrogen-bond donors (Lipinski definition) is 1. The van der Waals surface area contributed by atoms with Crippen LogP contribution >= 0.6 is 11.8 Å². The number of pyridine rings is 1. The van der Waals surface area contributed by atoms with E-state index >= 15 is 0 Å². The van der Waals surface area contributed by atoms with Gasteiger partial charge in [0.2, 0.25) is 0 Å². The molecule has 0 aliphatic carbocycles. The van der Waals surface area contributed by atoms with Crippen molar-refractivity contribution in [2.75, 3.05) is 0 Å². The Bertz CT molecular complexity index is 1030. The van der Waals surface area contributed by atoms with E-state index in [1.165, 1.54) is 13.8 Å². The van der Waals surface area contributed by atoms with Crippen molar-refractivity contribution in [3.8, 4) is 16.9 Å². The molecule has 0 saturated heterocycles. The lowest BCUT2D eigenvalue weighted by Gasteiger charge is -2.23. The zero-order valence-electron chi connectivity index (χ0n) is 17.2. The highest BCUT2D eigenvalue weighted by Crippen LogP contribution is 2.30. The highest BCUT2D eigenvalue weighted by molar-refractivity contribution is 7.98. The average molecular weight is 426 g/mol. The van der Waals surface area contributed by atoms with Crippen molar-refractivity contribution >= 4 is 17.7 Å². The molecule has 0 aliphatic rings. The van der Waals surface area contributed by atoms with Gasteiger partial charge >= 0.3 is 5.97 Å². The van der Waals surface area contributed by atoms with E-state index in [4.69, 9.17) is 4.74 Å². The van der Waals surface area contributed by atoms with Gasteiger partial charge in [0, 0.05) is 28.6 Å². The maximum Gasteiger partial charge on any atom is 0.347 e. The quantitative estimate of drug-likeness (QED) is 0.445. The van der Waals surface area contributed by atoms with Crippen molar-refractivity contribution < 1.29 is 19.0 Å². The maximum atomic E-state index is 12.7. The minimum Gasteiger partial charge on any atom is -0.478 e. The first kappa shape index (κ1) is 21.8. The van der Waals surface area contributed by atoms with E-state index in [2.05, 4.69) is 11.1 Å². The summed E-state index contributed by atoms with van der Waals surface area (Å²) in [5, 5.41) is 9.24. The number of aliphatic carboxylic acids is 1. The Labute approximate surface area is 180 Å². The lowest BCUT2D eigenvalue weighted by molar-refractivity contribution is -0.152. The van der Waals surface area contributed by atoms with E-state index < -0.39 is 18.2 Å². The van der Waals surface area contributed by atoms with E-state index in [1.54, 1.807) is 30.1 Å². The van der Waals surface area contributed by atoms with Crippen LogP contribution in [-0.4, -0.2) is 21.7 Å². The molecule has 1 N–H and O–H groups in total. The van der Waals surface area contributed by atoms with Crippen LogP contribution in [0.25, 0.3) is 11.1 Å². The number of nitrogens with zero attached hydrogens (tertiary/aromatic N) is 1. The highest BCUT2D eigenvalue weighted by Gasteiger charge is 2.29. The number of carboxylic acid groups (broad SMARTS) is 1. The molecule has 156 valence electrons. The van der Waals surface area contributed by atoms with Crippen LogP contribution in [0.2, 0.25) is 0 Å². The van der Waals surface area contributed by atoms with Crippen LogP contribution in [0.4, 0.5) is 4.39 Å². The Balaban J connectivity index is 1.68. The number of carbonyl (C=O) groups is 1. The first-order valence-electron chi connectivity index (χ1n) is 9.53. The fourth-order valence-corrected chi connectivity index (χ4v) is 3.74. The fraction of sp³-hybridized carbons (Fsp3) is 0.250. The third kappa shape index (κ3) is 5.39. The lowest BCUT2D eigenvalue weighted by atomic mass is 10.0. The van der Waals surface area contributed by atoms with Crippen LogP contribution in [0.5, 0.6) is 5.75 Å². The van der Waals surface area contributed by atoms with Gasteiger partial charge in [-0.25, -0.2) is 9.18 Å². The van der Waals surface area contributed by atoms with Gasteiger partial charge in [0.25, 0.3) is 0 Å². The summed E-state index contributed by atoms with van der Waals surface area (Å²) in [4.78, 5) is 16.7. The molecule has 0 bridgehead atoms. The summed E-state index contributed by atoms with van der Waals surface area (Å²) in [5.74, 6) is 0.295. The molecule has 0 unspecified atom stereocenters. The van der Waals surface area contributed by atoms with Gasteiger partial charge in [-0.2, -0.15) is 0 Å². The lowest BCUT2D eigenvalue weighted by Crippen LogP contribution is -2.38. The molecular formula is C24H24FNO3S. The van der Waals surface area contributed by atoms with Crippen LogP contribution in [0, 0.1) is 6.92 Å². The SMILES string of the molecule is Cc1cc(SCc2cncc(-c3ccc(CF)cc3)c2)ccc1OC(C)(C)C(=O)O. The van der Waals surface area contributed by atoms with Gasteiger partial charge in [0.1, 0.15) is 12.4 Å². The van der Waals surface area contributed by atoms with Gasteiger partial charge < -0.3 is 9.84 Å². The zero-order chi connectivity index (χ0) is 21.7. The minimum absolute atomic E-state index is 0.466. The molecule has 0 aliphatic heterocycles. The summed E-state index contributed by atoms with van der Waals surface area (Å²) in [6, 6.07) is 15.2. The molecule has 0 saturated carbocycles. The predicted octanol–water partition coefficient (Wildman–Crippen LogP) is 6.06. The van der Waals surface area contributed by atoms with Crippen LogP contribution < -0.4 is 4.74 Å². The predicted molar refractivity (Wildman–Crippen MR) is 118 cm³/mol. The standard InChI is InChI=1S/C24H24FNO3S/c1-16-10-21(8-9-22(16)29-24(2,3)23(27)28)30-15-18-11-20(14-26-13-18)19-6-4-17(12-25)5-7-19/h4-11,13-14H,12,15H2,1-3H3,(H,27,28). The molecule has 0 fully saturated rings. The van der Waals surface area contributed by atoms with E-state index in [1.807, 2.05) is 43.5 Å². The van der Waals surface area contributed by atoms with E-state index in [9.17, 15) is 14.3 Å².